The molecule has 1 heterocycles. The van der Waals surface area contributed by atoms with Gasteiger partial charge in [0.25, 0.3) is 0 Å². The summed E-state index contributed by atoms with van der Waals surface area (Å²) in [7, 11) is 0. The van der Waals surface area contributed by atoms with Crippen molar-refractivity contribution in [3.63, 3.8) is 0 Å². The van der Waals surface area contributed by atoms with E-state index in [9.17, 15) is 9.59 Å². The Labute approximate surface area is 104 Å². The first-order valence-corrected chi connectivity index (χ1v) is 6.13. The first-order chi connectivity index (χ1) is 8.00. The summed E-state index contributed by atoms with van der Waals surface area (Å²) in [6.07, 6.45) is 3.02. The molecule has 0 radical (unpaired) electrons. The van der Waals surface area contributed by atoms with E-state index >= 15 is 0 Å². The third-order valence-corrected chi connectivity index (χ3v) is 3.01. The number of amides is 1. The molecule has 0 aliphatic carbocycles. The van der Waals surface area contributed by atoms with Crippen LogP contribution in [0, 0.1) is 5.92 Å². The summed E-state index contributed by atoms with van der Waals surface area (Å²) in [5, 5.41) is 13.3. The van der Waals surface area contributed by atoms with Crippen molar-refractivity contribution < 1.29 is 14.7 Å². The van der Waals surface area contributed by atoms with Crippen molar-refractivity contribution in [1.82, 2.24) is 5.32 Å². The standard InChI is InChI=1S/C12H15NO3S/c1-8(2)11(12(15)16)13-10(14)6-5-9-4-3-7-17-9/h3-8,11H,1-2H3,(H,13,14)(H,15,16)/b6-5+/t11-/m0/s1. The van der Waals surface area contributed by atoms with Gasteiger partial charge in [0.1, 0.15) is 6.04 Å². The van der Waals surface area contributed by atoms with Crippen LogP contribution >= 0.6 is 11.3 Å². The fourth-order valence-electron chi connectivity index (χ4n) is 1.26. The van der Waals surface area contributed by atoms with Gasteiger partial charge in [-0.3, -0.25) is 4.79 Å². The second-order valence-corrected chi connectivity index (χ2v) is 4.90. The first kappa shape index (κ1) is 13.4. The number of hydrogen-bond acceptors (Lipinski definition) is 3. The fourth-order valence-corrected chi connectivity index (χ4v) is 1.88. The van der Waals surface area contributed by atoms with E-state index in [1.54, 1.807) is 19.9 Å². The van der Waals surface area contributed by atoms with E-state index in [4.69, 9.17) is 5.11 Å². The molecule has 4 nitrogen and oxygen atoms in total. The van der Waals surface area contributed by atoms with Crippen LogP contribution in [0.2, 0.25) is 0 Å². The highest BCUT2D eigenvalue weighted by Crippen LogP contribution is 2.10. The van der Waals surface area contributed by atoms with E-state index in [-0.39, 0.29) is 11.8 Å². The van der Waals surface area contributed by atoms with Crippen LogP contribution in [0.3, 0.4) is 0 Å². The lowest BCUT2D eigenvalue weighted by Gasteiger charge is -2.16. The maximum atomic E-state index is 11.5. The molecular weight excluding hydrogens is 238 g/mol. The summed E-state index contributed by atoms with van der Waals surface area (Å²) >= 11 is 1.51. The summed E-state index contributed by atoms with van der Waals surface area (Å²) < 4.78 is 0. The molecule has 1 rings (SSSR count). The maximum Gasteiger partial charge on any atom is 0.326 e. The van der Waals surface area contributed by atoms with E-state index in [2.05, 4.69) is 5.32 Å². The van der Waals surface area contributed by atoms with Crippen LogP contribution in [0.25, 0.3) is 6.08 Å². The number of carboxylic acid groups (broad SMARTS) is 1. The lowest BCUT2D eigenvalue weighted by molar-refractivity contribution is -0.142. The van der Waals surface area contributed by atoms with Gasteiger partial charge < -0.3 is 10.4 Å². The number of thiophene rings is 1. The average molecular weight is 253 g/mol. The molecule has 1 atom stereocenters. The zero-order valence-corrected chi connectivity index (χ0v) is 10.5. The van der Waals surface area contributed by atoms with E-state index in [0.29, 0.717) is 0 Å². The minimum atomic E-state index is -1.02. The Morgan fingerprint density at radius 3 is 2.65 bits per heavy atom. The zero-order chi connectivity index (χ0) is 12.8. The second kappa shape index (κ2) is 6.20. The van der Waals surface area contributed by atoms with Crippen molar-refractivity contribution in [1.29, 1.82) is 0 Å². The van der Waals surface area contributed by atoms with Gasteiger partial charge in [0, 0.05) is 11.0 Å². The van der Waals surface area contributed by atoms with Crippen molar-refractivity contribution in [3.8, 4) is 0 Å². The average Bonchev–Trinajstić information content (AvgIpc) is 2.74. The number of carbonyl (C=O) groups excluding carboxylic acids is 1. The molecule has 0 aromatic carbocycles. The highest BCUT2D eigenvalue weighted by molar-refractivity contribution is 7.10. The molecule has 0 aliphatic heterocycles. The molecule has 0 saturated carbocycles. The lowest BCUT2D eigenvalue weighted by Crippen LogP contribution is -2.43. The lowest BCUT2D eigenvalue weighted by atomic mass is 10.0. The van der Waals surface area contributed by atoms with Crippen molar-refractivity contribution in [2.75, 3.05) is 0 Å². The van der Waals surface area contributed by atoms with Gasteiger partial charge in [0.05, 0.1) is 0 Å². The van der Waals surface area contributed by atoms with Crippen molar-refractivity contribution >= 4 is 29.3 Å². The van der Waals surface area contributed by atoms with Gasteiger partial charge in [-0.05, 0) is 23.4 Å². The molecule has 1 amide bonds. The molecule has 0 fully saturated rings. The molecule has 0 saturated heterocycles. The van der Waals surface area contributed by atoms with Crippen LogP contribution in [0.4, 0.5) is 0 Å². The van der Waals surface area contributed by atoms with Crippen LogP contribution in [0.1, 0.15) is 18.7 Å². The Balaban J connectivity index is 2.56. The summed E-state index contributed by atoms with van der Waals surface area (Å²) in [6, 6.07) is 2.91. The Kier molecular flexibility index (Phi) is 4.90. The largest absolute Gasteiger partial charge is 0.480 e. The normalized spacial score (nSPS) is 12.9. The molecule has 0 aliphatic rings. The van der Waals surface area contributed by atoms with Crippen molar-refractivity contribution in [2.45, 2.75) is 19.9 Å². The number of carbonyl (C=O) groups is 2. The molecule has 0 unspecified atom stereocenters. The van der Waals surface area contributed by atoms with Crippen LogP contribution in [-0.4, -0.2) is 23.0 Å². The van der Waals surface area contributed by atoms with Crippen LogP contribution in [-0.2, 0) is 9.59 Å². The number of nitrogens with one attached hydrogen (secondary N) is 1. The fraction of sp³-hybridized carbons (Fsp3) is 0.333. The zero-order valence-electron chi connectivity index (χ0n) is 9.71. The summed E-state index contributed by atoms with van der Waals surface area (Å²) in [5.74, 6) is -1.55. The molecule has 0 spiro atoms. The second-order valence-electron chi connectivity index (χ2n) is 3.92. The summed E-state index contributed by atoms with van der Waals surface area (Å²) in [4.78, 5) is 23.3. The van der Waals surface area contributed by atoms with E-state index in [1.807, 2.05) is 17.5 Å². The highest BCUT2D eigenvalue weighted by atomic mass is 32.1. The Morgan fingerprint density at radius 1 is 1.47 bits per heavy atom. The van der Waals surface area contributed by atoms with Crippen LogP contribution in [0.5, 0.6) is 0 Å². The van der Waals surface area contributed by atoms with Crippen LogP contribution < -0.4 is 5.32 Å². The van der Waals surface area contributed by atoms with Gasteiger partial charge in [0.2, 0.25) is 5.91 Å². The molecule has 17 heavy (non-hydrogen) atoms. The quantitative estimate of drug-likeness (QED) is 0.789. The number of carboxylic acids is 1. The Bertz CT molecular complexity index is 409. The van der Waals surface area contributed by atoms with E-state index < -0.39 is 12.0 Å². The van der Waals surface area contributed by atoms with Gasteiger partial charge >= 0.3 is 5.97 Å². The summed E-state index contributed by atoms with van der Waals surface area (Å²) in [6.45, 7) is 3.50. The van der Waals surface area contributed by atoms with E-state index in [1.165, 1.54) is 17.4 Å². The van der Waals surface area contributed by atoms with Gasteiger partial charge in [-0.1, -0.05) is 19.9 Å². The molecule has 0 bridgehead atoms. The number of hydrogen-bond donors (Lipinski definition) is 2. The monoisotopic (exact) mass is 253 g/mol. The van der Waals surface area contributed by atoms with E-state index in [0.717, 1.165) is 4.88 Å². The molecular formula is C12H15NO3S. The number of rotatable bonds is 5. The third-order valence-electron chi connectivity index (χ3n) is 2.17. The smallest absolute Gasteiger partial charge is 0.326 e. The van der Waals surface area contributed by atoms with Gasteiger partial charge in [-0.15, -0.1) is 11.3 Å². The highest BCUT2D eigenvalue weighted by Gasteiger charge is 2.22. The molecule has 2 N–H and O–H groups in total. The minimum Gasteiger partial charge on any atom is -0.480 e. The predicted octanol–water partition coefficient (Wildman–Crippen LogP) is 1.99. The van der Waals surface area contributed by atoms with Crippen LogP contribution in [0.15, 0.2) is 23.6 Å². The number of aliphatic carboxylic acids is 1. The molecule has 1 aromatic heterocycles. The maximum absolute atomic E-state index is 11.5. The first-order valence-electron chi connectivity index (χ1n) is 5.25. The van der Waals surface area contributed by atoms with Gasteiger partial charge in [-0.25, -0.2) is 4.79 Å². The minimum absolute atomic E-state index is 0.147. The SMILES string of the molecule is CC(C)[C@H](NC(=O)/C=C/c1cccs1)C(=O)O. The molecule has 1 aromatic rings. The molecule has 92 valence electrons. The predicted molar refractivity (Wildman–Crippen MR) is 67.8 cm³/mol. The van der Waals surface area contributed by atoms with Gasteiger partial charge in [0.15, 0.2) is 0 Å². The van der Waals surface area contributed by atoms with Crippen molar-refractivity contribution in [3.05, 3.63) is 28.5 Å². The topological polar surface area (TPSA) is 66.4 Å². The van der Waals surface area contributed by atoms with Gasteiger partial charge in [-0.2, -0.15) is 0 Å². The molecule has 5 heteroatoms. The van der Waals surface area contributed by atoms with Crippen molar-refractivity contribution in [2.24, 2.45) is 5.92 Å². The summed E-state index contributed by atoms with van der Waals surface area (Å²) in [5.41, 5.74) is 0. The Morgan fingerprint density at radius 2 is 2.18 bits per heavy atom. The Hall–Kier alpha value is -1.62. The third kappa shape index (κ3) is 4.40.